The maximum atomic E-state index is 12.4. The van der Waals surface area contributed by atoms with E-state index >= 15 is 0 Å². The molecule has 180 valence electrons. The van der Waals surface area contributed by atoms with Crippen molar-refractivity contribution in [2.75, 3.05) is 41.8 Å². The average Bonchev–Trinajstić information content (AvgIpc) is 3.57. The highest BCUT2D eigenvalue weighted by Gasteiger charge is 2.18. The molecule has 0 unspecified atom stereocenters. The maximum Gasteiger partial charge on any atom is 0.326 e. The van der Waals surface area contributed by atoms with E-state index in [1.165, 1.54) is 0 Å². The van der Waals surface area contributed by atoms with Crippen molar-refractivity contribution in [3.8, 4) is 22.6 Å². The second kappa shape index (κ2) is 9.47. The van der Waals surface area contributed by atoms with Crippen LogP contribution in [0.5, 0.6) is 0 Å². The Balaban J connectivity index is 1.14. The molecule has 1 fully saturated rings. The summed E-state index contributed by atoms with van der Waals surface area (Å²) in [5.74, 6) is 1.82. The van der Waals surface area contributed by atoms with E-state index in [0.29, 0.717) is 24.6 Å². The van der Waals surface area contributed by atoms with Gasteiger partial charge in [0.05, 0.1) is 18.7 Å². The number of anilines is 3. The van der Waals surface area contributed by atoms with Crippen LogP contribution in [0.1, 0.15) is 0 Å². The molecule has 11 nitrogen and oxygen atoms in total. The Labute approximate surface area is 205 Å². The fraction of sp³-hybridized carbons (Fsp3) is 0.160. The molecule has 5 aromatic rings. The van der Waals surface area contributed by atoms with Gasteiger partial charge in [-0.25, -0.2) is 14.8 Å². The van der Waals surface area contributed by atoms with Gasteiger partial charge in [0.25, 0.3) is 0 Å². The molecular weight excluding hydrogens is 460 g/mol. The van der Waals surface area contributed by atoms with Crippen molar-refractivity contribution in [1.82, 2.24) is 25.1 Å². The number of rotatable bonds is 5. The molecule has 2 amide bonds. The van der Waals surface area contributed by atoms with Gasteiger partial charge in [-0.05, 0) is 42.5 Å². The molecule has 3 N–H and O–H groups in total. The first-order valence-electron chi connectivity index (χ1n) is 11.5. The molecule has 36 heavy (non-hydrogen) atoms. The molecule has 0 atom stereocenters. The smallest absolute Gasteiger partial charge is 0.326 e. The zero-order valence-corrected chi connectivity index (χ0v) is 19.1. The van der Waals surface area contributed by atoms with E-state index in [2.05, 4.69) is 35.6 Å². The fourth-order valence-corrected chi connectivity index (χ4v) is 4.04. The highest BCUT2D eigenvalue weighted by Crippen LogP contribution is 2.28. The lowest BCUT2D eigenvalue weighted by Gasteiger charge is -2.27. The minimum atomic E-state index is -0.440. The number of aromatic nitrogens is 5. The van der Waals surface area contributed by atoms with Gasteiger partial charge in [0.15, 0.2) is 5.82 Å². The van der Waals surface area contributed by atoms with Crippen LogP contribution < -0.4 is 15.5 Å². The summed E-state index contributed by atoms with van der Waals surface area (Å²) in [6.45, 7) is 2.94. The molecule has 0 bridgehead atoms. The summed E-state index contributed by atoms with van der Waals surface area (Å²) in [6.07, 6.45) is 5.12. The van der Waals surface area contributed by atoms with Gasteiger partial charge in [-0.1, -0.05) is 5.16 Å². The van der Waals surface area contributed by atoms with Crippen molar-refractivity contribution in [3.05, 3.63) is 67.1 Å². The number of pyridine rings is 2. The van der Waals surface area contributed by atoms with Gasteiger partial charge < -0.3 is 24.5 Å². The molecule has 1 aromatic carbocycles. The Morgan fingerprint density at radius 2 is 1.75 bits per heavy atom. The summed E-state index contributed by atoms with van der Waals surface area (Å²) >= 11 is 0. The number of imidazole rings is 1. The van der Waals surface area contributed by atoms with Crippen molar-refractivity contribution in [3.63, 3.8) is 0 Å². The number of nitrogens with one attached hydrogen (secondary N) is 3. The molecule has 5 heterocycles. The summed E-state index contributed by atoms with van der Waals surface area (Å²) in [5, 5.41) is 9.41. The van der Waals surface area contributed by atoms with Gasteiger partial charge in [0.2, 0.25) is 5.88 Å². The van der Waals surface area contributed by atoms with Crippen LogP contribution in [-0.4, -0.2) is 57.4 Å². The van der Waals surface area contributed by atoms with Crippen LogP contribution in [0.2, 0.25) is 0 Å². The first-order valence-corrected chi connectivity index (χ1v) is 11.5. The topological polar surface area (TPSA) is 134 Å². The number of ether oxygens (including phenoxy) is 1. The number of carbonyl (C=O) groups excluding carboxylic acids is 1. The van der Waals surface area contributed by atoms with Crippen molar-refractivity contribution in [2.45, 2.75) is 0 Å². The Morgan fingerprint density at radius 1 is 0.944 bits per heavy atom. The minimum Gasteiger partial charge on any atom is -0.378 e. The number of aromatic amines is 1. The van der Waals surface area contributed by atoms with Crippen molar-refractivity contribution >= 4 is 34.5 Å². The summed E-state index contributed by atoms with van der Waals surface area (Å²) in [4.78, 5) is 31.3. The van der Waals surface area contributed by atoms with Crippen molar-refractivity contribution < 1.29 is 14.1 Å². The normalized spacial score (nSPS) is 13.6. The maximum absolute atomic E-state index is 12.4. The van der Waals surface area contributed by atoms with Gasteiger partial charge in [0.1, 0.15) is 17.0 Å². The van der Waals surface area contributed by atoms with E-state index < -0.39 is 6.03 Å². The second-order valence-electron chi connectivity index (χ2n) is 8.18. The number of fused-ring (bicyclic) bond motifs is 1. The number of hydrogen-bond donors (Lipinski definition) is 3. The van der Waals surface area contributed by atoms with Crippen LogP contribution in [0.3, 0.4) is 0 Å². The summed E-state index contributed by atoms with van der Waals surface area (Å²) in [6, 6.07) is 14.2. The largest absolute Gasteiger partial charge is 0.378 e. The average molecular weight is 483 g/mol. The van der Waals surface area contributed by atoms with Crippen LogP contribution in [0.15, 0.2) is 71.6 Å². The van der Waals surface area contributed by atoms with E-state index in [9.17, 15) is 4.79 Å². The fourth-order valence-electron chi connectivity index (χ4n) is 4.04. The van der Waals surface area contributed by atoms with E-state index in [-0.39, 0.29) is 5.88 Å². The lowest BCUT2D eigenvalue weighted by molar-refractivity contribution is 0.122. The highest BCUT2D eigenvalue weighted by molar-refractivity contribution is 5.99. The van der Waals surface area contributed by atoms with E-state index in [4.69, 9.17) is 14.2 Å². The van der Waals surface area contributed by atoms with Crippen molar-refractivity contribution in [2.24, 2.45) is 0 Å². The van der Waals surface area contributed by atoms with Crippen LogP contribution in [0.25, 0.3) is 33.7 Å². The Bertz CT molecular complexity index is 1490. The predicted molar refractivity (Wildman–Crippen MR) is 135 cm³/mol. The predicted octanol–water partition coefficient (Wildman–Crippen LogP) is 4.16. The third-order valence-corrected chi connectivity index (χ3v) is 5.83. The standard InChI is InChI=1S/C25H22N8O3/c34-25(30-21-15-20(32-36-21)16-5-8-26-9-6-16)28-18-3-1-17(2-4-18)23-29-19-7-10-27-24(22(19)31-23)33-11-13-35-14-12-33/h1-10,15H,11-14H2,(H,29,31)(H2,28,30,34). The SMILES string of the molecule is O=C(Nc1ccc(-c2nc3c(N4CCOCC4)nccc3[nH]2)cc1)Nc1cc(-c2ccncc2)no1. The third kappa shape index (κ3) is 4.46. The first-order chi connectivity index (χ1) is 17.7. The molecule has 11 heteroatoms. The van der Waals surface area contributed by atoms with Crippen LogP contribution >= 0.6 is 0 Å². The van der Waals surface area contributed by atoms with Crippen molar-refractivity contribution in [1.29, 1.82) is 0 Å². The molecule has 4 aromatic heterocycles. The molecule has 0 saturated carbocycles. The van der Waals surface area contributed by atoms with Crippen LogP contribution in [0.4, 0.5) is 22.2 Å². The lowest BCUT2D eigenvalue weighted by Crippen LogP contribution is -2.36. The van der Waals surface area contributed by atoms with Crippen LogP contribution in [-0.2, 0) is 4.74 Å². The molecular formula is C25H22N8O3. The minimum absolute atomic E-state index is 0.239. The van der Waals surface area contributed by atoms with E-state index in [1.807, 2.05) is 42.5 Å². The molecule has 0 radical (unpaired) electrons. The molecule has 0 spiro atoms. The third-order valence-electron chi connectivity index (χ3n) is 5.83. The van der Waals surface area contributed by atoms with Gasteiger partial charge in [-0.3, -0.25) is 10.3 Å². The first kappa shape index (κ1) is 21.7. The molecule has 0 aliphatic carbocycles. The van der Waals surface area contributed by atoms with Gasteiger partial charge in [0, 0.05) is 54.6 Å². The molecule has 1 aliphatic heterocycles. The number of amides is 2. The lowest BCUT2D eigenvalue weighted by atomic mass is 10.2. The number of carbonyl (C=O) groups is 1. The zero-order chi connectivity index (χ0) is 24.3. The van der Waals surface area contributed by atoms with E-state index in [0.717, 1.165) is 46.9 Å². The Morgan fingerprint density at radius 3 is 2.56 bits per heavy atom. The van der Waals surface area contributed by atoms with Crippen LogP contribution in [0, 0.1) is 0 Å². The highest BCUT2D eigenvalue weighted by atomic mass is 16.5. The quantitative estimate of drug-likeness (QED) is 0.340. The van der Waals surface area contributed by atoms with Gasteiger partial charge in [-0.2, -0.15) is 0 Å². The van der Waals surface area contributed by atoms with Gasteiger partial charge >= 0.3 is 6.03 Å². The monoisotopic (exact) mass is 482 g/mol. The Kier molecular flexibility index (Phi) is 5.72. The zero-order valence-electron chi connectivity index (χ0n) is 19.1. The number of urea groups is 1. The number of morpholine rings is 1. The summed E-state index contributed by atoms with van der Waals surface area (Å²) in [5.41, 5.74) is 4.71. The molecule has 6 rings (SSSR count). The Hall–Kier alpha value is -4.77. The number of nitrogens with zero attached hydrogens (tertiary/aromatic N) is 5. The van der Waals surface area contributed by atoms with Gasteiger partial charge in [-0.15, -0.1) is 0 Å². The summed E-state index contributed by atoms with van der Waals surface area (Å²) < 4.78 is 10.7. The second-order valence-corrected chi connectivity index (χ2v) is 8.18. The van der Waals surface area contributed by atoms with E-state index in [1.54, 1.807) is 24.7 Å². The number of benzene rings is 1. The number of hydrogen-bond acceptors (Lipinski definition) is 8. The number of H-pyrrole nitrogens is 1. The summed E-state index contributed by atoms with van der Waals surface area (Å²) in [7, 11) is 0. The molecule has 1 saturated heterocycles. The molecule has 1 aliphatic rings.